The van der Waals surface area contributed by atoms with E-state index in [0.29, 0.717) is 11.3 Å². The number of hydrogen-bond acceptors (Lipinski definition) is 6. The molecule has 0 saturated carbocycles. The molecule has 0 fully saturated rings. The Hall–Kier alpha value is -2.71. The SMILES string of the molecule is C#CC.C#Cc1cnc2ccc(OC(SC)C(=O)NC(C)(CO)CO)cc2c1. The summed E-state index contributed by atoms with van der Waals surface area (Å²) in [7, 11) is 0. The molecular weight excluding hydrogens is 376 g/mol. The molecule has 1 unspecified atom stereocenters. The molecule has 0 aliphatic heterocycles. The third kappa shape index (κ3) is 6.47. The standard InChI is InChI=1S/C18H20N2O4S.C3H4/c1-4-12-7-13-8-14(5-6-15(13)19-9-12)24-17(25-3)16(23)20-18(2,10-21)11-22;1-3-2/h1,5-9,17,21-22H,10-11H2,2-3H3,(H,20,23);1H,2H3. The van der Waals surface area contributed by atoms with Crippen molar-refractivity contribution in [2.24, 2.45) is 0 Å². The number of carbonyl (C=O) groups is 1. The molecule has 1 heterocycles. The van der Waals surface area contributed by atoms with Gasteiger partial charge in [-0.3, -0.25) is 9.78 Å². The monoisotopic (exact) mass is 400 g/mol. The molecule has 0 aliphatic rings. The van der Waals surface area contributed by atoms with Crippen molar-refractivity contribution < 1.29 is 19.7 Å². The van der Waals surface area contributed by atoms with Crippen molar-refractivity contribution in [1.29, 1.82) is 0 Å². The van der Waals surface area contributed by atoms with Crippen molar-refractivity contribution in [2.75, 3.05) is 19.5 Å². The van der Waals surface area contributed by atoms with Crippen LogP contribution < -0.4 is 10.1 Å². The van der Waals surface area contributed by atoms with Gasteiger partial charge in [0.2, 0.25) is 5.44 Å². The zero-order valence-electron chi connectivity index (χ0n) is 16.1. The number of fused-ring (bicyclic) bond motifs is 1. The van der Waals surface area contributed by atoms with Crippen LogP contribution in [-0.4, -0.2) is 51.5 Å². The van der Waals surface area contributed by atoms with Gasteiger partial charge in [0.1, 0.15) is 5.75 Å². The minimum absolute atomic E-state index is 0.382. The van der Waals surface area contributed by atoms with E-state index in [1.54, 1.807) is 44.5 Å². The summed E-state index contributed by atoms with van der Waals surface area (Å²) in [4.78, 5) is 16.6. The van der Waals surface area contributed by atoms with Gasteiger partial charge in [-0.05, 0) is 44.4 Å². The highest BCUT2D eigenvalue weighted by molar-refractivity contribution is 7.99. The highest BCUT2D eigenvalue weighted by Crippen LogP contribution is 2.23. The minimum atomic E-state index is -1.11. The number of aromatic nitrogens is 1. The topological polar surface area (TPSA) is 91.7 Å². The fraction of sp³-hybridized carbons (Fsp3) is 0.333. The smallest absolute Gasteiger partial charge is 0.272 e. The maximum atomic E-state index is 12.4. The molecule has 2 rings (SSSR count). The zero-order chi connectivity index (χ0) is 21.2. The Morgan fingerprint density at radius 3 is 2.54 bits per heavy atom. The van der Waals surface area contributed by atoms with E-state index in [9.17, 15) is 15.0 Å². The molecule has 6 nitrogen and oxygen atoms in total. The number of nitrogens with zero attached hydrogens (tertiary/aromatic N) is 1. The Morgan fingerprint density at radius 2 is 2.00 bits per heavy atom. The van der Waals surface area contributed by atoms with Crippen molar-refractivity contribution in [3.63, 3.8) is 0 Å². The second-order valence-corrected chi connectivity index (χ2v) is 6.96. The fourth-order valence-electron chi connectivity index (χ4n) is 2.08. The Bertz CT molecular complexity index is 882. The first kappa shape index (κ1) is 23.3. The van der Waals surface area contributed by atoms with E-state index >= 15 is 0 Å². The predicted octanol–water partition coefficient (Wildman–Crippen LogP) is 1.78. The Morgan fingerprint density at radius 1 is 1.36 bits per heavy atom. The molecule has 0 bridgehead atoms. The molecule has 0 aliphatic carbocycles. The van der Waals surface area contributed by atoms with E-state index in [-0.39, 0.29) is 13.2 Å². The van der Waals surface area contributed by atoms with E-state index in [0.717, 1.165) is 10.9 Å². The van der Waals surface area contributed by atoms with Crippen LogP contribution in [0, 0.1) is 24.7 Å². The number of amides is 1. The number of aliphatic hydroxyl groups is 2. The first-order valence-electron chi connectivity index (χ1n) is 8.33. The lowest BCUT2D eigenvalue weighted by atomic mass is 10.1. The van der Waals surface area contributed by atoms with Crippen molar-refractivity contribution >= 4 is 28.6 Å². The summed E-state index contributed by atoms with van der Waals surface area (Å²) in [6.45, 7) is 2.44. The second kappa shape index (κ2) is 11.2. The lowest BCUT2D eigenvalue weighted by molar-refractivity contribution is -0.127. The molecular formula is C21H24N2O4S. The maximum Gasteiger partial charge on any atom is 0.272 e. The number of thioether (sulfide) groups is 1. The van der Waals surface area contributed by atoms with Crippen LogP contribution in [0.3, 0.4) is 0 Å². The Labute approximate surface area is 169 Å². The lowest BCUT2D eigenvalue weighted by Crippen LogP contribution is -2.54. The fourth-order valence-corrected chi connectivity index (χ4v) is 2.56. The molecule has 28 heavy (non-hydrogen) atoms. The second-order valence-electron chi connectivity index (χ2n) is 6.06. The zero-order valence-corrected chi connectivity index (χ0v) is 16.9. The molecule has 1 aromatic heterocycles. The molecule has 0 saturated heterocycles. The van der Waals surface area contributed by atoms with Crippen LogP contribution in [0.25, 0.3) is 10.9 Å². The van der Waals surface area contributed by atoms with Crippen molar-refractivity contribution in [2.45, 2.75) is 24.8 Å². The summed E-state index contributed by atoms with van der Waals surface area (Å²) in [5, 5.41) is 22.0. The molecule has 1 aromatic carbocycles. The molecule has 0 spiro atoms. The molecule has 7 heteroatoms. The largest absolute Gasteiger partial charge is 0.470 e. The molecule has 3 N–H and O–H groups in total. The molecule has 1 amide bonds. The Balaban J connectivity index is 0.00000122. The average molecular weight is 401 g/mol. The summed E-state index contributed by atoms with van der Waals surface area (Å²) < 4.78 is 5.75. The number of pyridine rings is 1. The number of aliphatic hydroxyl groups excluding tert-OH is 2. The quantitative estimate of drug-likeness (QED) is 0.485. The van der Waals surface area contributed by atoms with Gasteiger partial charge < -0.3 is 20.3 Å². The van der Waals surface area contributed by atoms with Crippen molar-refractivity contribution in [3.05, 3.63) is 36.0 Å². The van der Waals surface area contributed by atoms with Gasteiger partial charge in [-0.25, -0.2) is 0 Å². The number of rotatable bonds is 7. The lowest BCUT2D eigenvalue weighted by Gasteiger charge is -2.28. The van der Waals surface area contributed by atoms with Gasteiger partial charge >= 0.3 is 0 Å². The van der Waals surface area contributed by atoms with Crippen LogP contribution in [0.1, 0.15) is 19.4 Å². The summed E-state index contributed by atoms with van der Waals surface area (Å²) in [5.74, 6) is 4.84. The van der Waals surface area contributed by atoms with Gasteiger partial charge in [0.25, 0.3) is 5.91 Å². The van der Waals surface area contributed by atoms with Crippen LogP contribution >= 0.6 is 11.8 Å². The van der Waals surface area contributed by atoms with Crippen LogP contribution in [-0.2, 0) is 4.79 Å². The number of benzene rings is 1. The summed E-state index contributed by atoms with van der Waals surface area (Å²) >= 11 is 1.20. The number of carbonyl (C=O) groups excluding carboxylic acids is 1. The average Bonchev–Trinajstić information content (AvgIpc) is 2.71. The van der Waals surface area contributed by atoms with Crippen LogP contribution in [0.2, 0.25) is 0 Å². The Kier molecular flexibility index (Phi) is 9.34. The third-order valence-electron chi connectivity index (χ3n) is 3.61. The van der Waals surface area contributed by atoms with E-state index in [4.69, 9.17) is 11.2 Å². The highest BCUT2D eigenvalue weighted by atomic mass is 32.2. The predicted molar refractivity (Wildman–Crippen MR) is 113 cm³/mol. The van der Waals surface area contributed by atoms with E-state index in [1.165, 1.54) is 11.8 Å². The van der Waals surface area contributed by atoms with Crippen molar-refractivity contribution in [1.82, 2.24) is 10.3 Å². The van der Waals surface area contributed by atoms with Gasteiger partial charge in [-0.2, -0.15) is 0 Å². The molecule has 2 aromatic rings. The van der Waals surface area contributed by atoms with Gasteiger partial charge in [0, 0.05) is 17.1 Å². The van der Waals surface area contributed by atoms with Crippen LogP contribution in [0.4, 0.5) is 0 Å². The number of ether oxygens (including phenoxy) is 1. The van der Waals surface area contributed by atoms with E-state index < -0.39 is 16.9 Å². The van der Waals surface area contributed by atoms with Gasteiger partial charge in [-0.1, -0.05) is 5.92 Å². The van der Waals surface area contributed by atoms with Crippen molar-refractivity contribution in [3.8, 4) is 30.4 Å². The molecule has 0 radical (unpaired) electrons. The van der Waals surface area contributed by atoms with Crippen LogP contribution in [0.5, 0.6) is 5.75 Å². The van der Waals surface area contributed by atoms with E-state index in [1.807, 2.05) is 6.07 Å². The summed E-state index contributed by atoms with van der Waals surface area (Å²) in [5.41, 5.74) is -0.516. The number of nitrogens with one attached hydrogen (secondary N) is 1. The first-order valence-corrected chi connectivity index (χ1v) is 9.62. The van der Waals surface area contributed by atoms with Gasteiger partial charge in [0.05, 0.1) is 24.3 Å². The van der Waals surface area contributed by atoms with Gasteiger partial charge in [0.15, 0.2) is 0 Å². The molecule has 148 valence electrons. The first-order chi connectivity index (χ1) is 13.4. The highest BCUT2D eigenvalue weighted by Gasteiger charge is 2.29. The minimum Gasteiger partial charge on any atom is -0.470 e. The normalized spacial score (nSPS) is 11.4. The van der Waals surface area contributed by atoms with E-state index in [2.05, 4.69) is 28.6 Å². The van der Waals surface area contributed by atoms with Gasteiger partial charge in [-0.15, -0.1) is 30.5 Å². The molecule has 1 atom stereocenters. The summed E-state index contributed by atoms with van der Waals surface area (Å²) in [6.07, 6.45) is 13.3. The number of terminal acetylenes is 2. The third-order valence-corrected chi connectivity index (χ3v) is 4.35. The number of hydrogen-bond donors (Lipinski definition) is 3. The summed E-state index contributed by atoms with van der Waals surface area (Å²) in [6, 6.07) is 7.08. The van der Waals surface area contributed by atoms with Crippen LogP contribution in [0.15, 0.2) is 30.5 Å². The maximum absolute atomic E-state index is 12.4.